The van der Waals surface area contributed by atoms with Gasteiger partial charge in [0.2, 0.25) is 5.91 Å². The highest BCUT2D eigenvalue weighted by atomic mass is 28.3. The van der Waals surface area contributed by atoms with E-state index in [9.17, 15) is 9.59 Å². The Balaban J connectivity index is 2.26. The highest BCUT2D eigenvalue weighted by molar-refractivity contribution is 6.76. The van der Waals surface area contributed by atoms with Crippen molar-refractivity contribution in [2.75, 3.05) is 26.5 Å². The minimum Gasteiger partial charge on any atom is -0.465 e. The Labute approximate surface area is 170 Å². The molecule has 156 valence electrons. The van der Waals surface area contributed by atoms with E-state index in [-0.39, 0.29) is 30.9 Å². The Bertz CT molecular complexity index is 698. The van der Waals surface area contributed by atoms with Crippen LogP contribution in [0.15, 0.2) is 24.3 Å². The summed E-state index contributed by atoms with van der Waals surface area (Å²) in [7, 11) is -1.18. The van der Waals surface area contributed by atoms with Crippen LogP contribution < -0.4 is 0 Å². The number of likely N-dealkylation sites (tertiary alicyclic amines) is 1. The summed E-state index contributed by atoms with van der Waals surface area (Å²) in [5.74, 6) is -0.125. The van der Waals surface area contributed by atoms with Gasteiger partial charge in [-0.3, -0.25) is 9.59 Å². The zero-order chi connectivity index (χ0) is 20.9. The molecule has 1 unspecified atom stereocenters. The van der Waals surface area contributed by atoms with Crippen molar-refractivity contribution in [3.8, 4) is 0 Å². The molecule has 1 fully saturated rings. The fourth-order valence-electron chi connectivity index (χ4n) is 3.64. The Morgan fingerprint density at radius 2 is 1.93 bits per heavy atom. The Kier molecular flexibility index (Phi) is 7.45. The van der Waals surface area contributed by atoms with Crippen molar-refractivity contribution in [1.29, 1.82) is 0 Å². The molecule has 28 heavy (non-hydrogen) atoms. The highest BCUT2D eigenvalue weighted by Crippen LogP contribution is 2.40. The summed E-state index contributed by atoms with van der Waals surface area (Å²) in [6, 6.07) is 8.97. The van der Waals surface area contributed by atoms with Crippen molar-refractivity contribution in [2.24, 2.45) is 0 Å². The molecule has 0 aromatic heterocycles. The van der Waals surface area contributed by atoms with Gasteiger partial charge in [-0.25, -0.2) is 0 Å². The second-order valence-corrected chi connectivity index (χ2v) is 14.8. The number of nitrogens with zero attached hydrogens (tertiary/aromatic N) is 1. The second-order valence-electron chi connectivity index (χ2n) is 9.16. The van der Waals surface area contributed by atoms with Crippen LogP contribution in [0.1, 0.15) is 44.2 Å². The van der Waals surface area contributed by atoms with E-state index in [1.807, 2.05) is 24.3 Å². The first-order valence-corrected chi connectivity index (χ1v) is 13.9. The topological polar surface area (TPSA) is 55.8 Å². The van der Waals surface area contributed by atoms with E-state index >= 15 is 0 Å². The van der Waals surface area contributed by atoms with E-state index in [0.717, 1.165) is 17.2 Å². The molecule has 0 saturated carbocycles. The molecular formula is C22H35NO4Si. The molecule has 0 N–H and O–H groups in total. The zero-order valence-electron chi connectivity index (χ0n) is 18.2. The van der Waals surface area contributed by atoms with Gasteiger partial charge in [0.25, 0.3) is 0 Å². The van der Waals surface area contributed by atoms with Gasteiger partial charge in [0.05, 0.1) is 6.61 Å². The molecular weight excluding hydrogens is 370 g/mol. The van der Waals surface area contributed by atoms with Crippen molar-refractivity contribution in [1.82, 2.24) is 4.90 Å². The maximum Gasteiger partial charge on any atom is 0.318 e. The molecule has 1 heterocycles. The minimum absolute atomic E-state index is 0.0559. The average molecular weight is 406 g/mol. The Morgan fingerprint density at radius 1 is 1.25 bits per heavy atom. The summed E-state index contributed by atoms with van der Waals surface area (Å²) in [5, 5.41) is 0. The molecule has 6 heteroatoms. The summed E-state index contributed by atoms with van der Waals surface area (Å²) < 4.78 is 11.2. The van der Waals surface area contributed by atoms with Crippen molar-refractivity contribution in [3.05, 3.63) is 35.4 Å². The first-order valence-electron chi connectivity index (χ1n) is 10.2. The van der Waals surface area contributed by atoms with Gasteiger partial charge in [0.1, 0.15) is 12.1 Å². The van der Waals surface area contributed by atoms with Crippen LogP contribution in [0.5, 0.6) is 0 Å². The largest absolute Gasteiger partial charge is 0.465 e. The fraction of sp³-hybridized carbons (Fsp3) is 0.636. The predicted molar refractivity (Wildman–Crippen MR) is 114 cm³/mol. The molecule has 1 aromatic rings. The first kappa shape index (κ1) is 22.6. The molecule has 0 aliphatic carbocycles. The molecule has 0 spiro atoms. The summed E-state index contributed by atoms with van der Waals surface area (Å²) >= 11 is 0. The molecule has 1 amide bonds. The summed E-state index contributed by atoms with van der Waals surface area (Å²) in [4.78, 5) is 27.5. The summed E-state index contributed by atoms with van der Waals surface area (Å²) in [6.07, 6.45) is 0.132. The monoisotopic (exact) mass is 405 g/mol. The Morgan fingerprint density at radius 3 is 2.54 bits per heavy atom. The number of hydrogen-bond donors (Lipinski definition) is 0. The molecule has 0 radical (unpaired) electrons. The van der Waals surface area contributed by atoms with E-state index in [2.05, 4.69) is 33.5 Å². The SMILES string of the molecule is CCOC(=O)C1(c2ccccc2C(C)C)CC(=O)N(COCC[Si](C)(C)C)C1. The smallest absolute Gasteiger partial charge is 0.318 e. The number of carbonyl (C=O) groups excluding carboxylic acids is 2. The lowest BCUT2D eigenvalue weighted by atomic mass is 9.75. The maximum atomic E-state index is 13.1. The molecule has 1 saturated heterocycles. The van der Waals surface area contributed by atoms with Gasteiger partial charge in [-0.2, -0.15) is 0 Å². The summed E-state index contributed by atoms with van der Waals surface area (Å²) in [6.45, 7) is 14.4. The van der Waals surface area contributed by atoms with Gasteiger partial charge >= 0.3 is 5.97 Å². The van der Waals surface area contributed by atoms with Gasteiger partial charge in [-0.1, -0.05) is 57.8 Å². The first-order chi connectivity index (χ1) is 13.1. The van der Waals surface area contributed by atoms with Gasteiger partial charge in [-0.15, -0.1) is 0 Å². The number of carbonyl (C=O) groups is 2. The molecule has 1 aromatic carbocycles. The number of esters is 1. The van der Waals surface area contributed by atoms with Crippen LogP contribution in [0.4, 0.5) is 0 Å². The Hall–Kier alpha value is -1.66. The van der Waals surface area contributed by atoms with Gasteiger partial charge in [0, 0.05) is 27.6 Å². The average Bonchev–Trinajstić information content (AvgIpc) is 2.96. The van der Waals surface area contributed by atoms with Crippen molar-refractivity contribution < 1.29 is 19.1 Å². The van der Waals surface area contributed by atoms with Crippen LogP contribution >= 0.6 is 0 Å². The lowest BCUT2D eigenvalue weighted by molar-refractivity contribution is -0.150. The third kappa shape index (κ3) is 5.23. The number of benzene rings is 1. The lowest BCUT2D eigenvalue weighted by Crippen LogP contribution is -2.41. The third-order valence-electron chi connectivity index (χ3n) is 5.27. The van der Waals surface area contributed by atoms with Crippen LogP contribution in [0.25, 0.3) is 0 Å². The van der Waals surface area contributed by atoms with Crippen LogP contribution in [-0.2, 0) is 24.5 Å². The number of ether oxygens (including phenoxy) is 2. The second kappa shape index (κ2) is 9.22. The van der Waals surface area contributed by atoms with Crippen LogP contribution in [0, 0.1) is 0 Å². The van der Waals surface area contributed by atoms with Crippen molar-refractivity contribution >= 4 is 20.0 Å². The standard InChI is InChI=1S/C22H35NO4Si/c1-7-27-21(25)22(19-11-9-8-10-18(19)17(2)3)14-20(24)23(15-22)16-26-12-13-28(4,5)6/h8-11,17H,7,12-16H2,1-6H3. The zero-order valence-corrected chi connectivity index (χ0v) is 19.2. The number of rotatable bonds is 9. The predicted octanol–water partition coefficient (Wildman–Crippen LogP) is 4.16. The van der Waals surface area contributed by atoms with Gasteiger partial charge in [0.15, 0.2) is 0 Å². The minimum atomic E-state index is -1.18. The quantitative estimate of drug-likeness (QED) is 0.352. The van der Waals surface area contributed by atoms with E-state index in [4.69, 9.17) is 9.47 Å². The van der Waals surface area contributed by atoms with E-state index in [1.165, 1.54) is 0 Å². The maximum absolute atomic E-state index is 13.1. The van der Waals surface area contributed by atoms with E-state index in [1.54, 1.807) is 11.8 Å². The number of hydrogen-bond acceptors (Lipinski definition) is 4. The fourth-order valence-corrected chi connectivity index (χ4v) is 4.40. The molecule has 1 atom stereocenters. The molecule has 5 nitrogen and oxygen atoms in total. The van der Waals surface area contributed by atoms with Crippen LogP contribution in [0.3, 0.4) is 0 Å². The van der Waals surface area contributed by atoms with Crippen molar-refractivity contribution in [2.45, 2.75) is 64.2 Å². The normalized spacial score (nSPS) is 20.1. The lowest BCUT2D eigenvalue weighted by Gasteiger charge is -2.30. The molecule has 0 bridgehead atoms. The van der Waals surface area contributed by atoms with Crippen LogP contribution in [-0.4, -0.2) is 51.3 Å². The van der Waals surface area contributed by atoms with E-state index < -0.39 is 13.5 Å². The summed E-state index contributed by atoms with van der Waals surface area (Å²) in [5.41, 5.74) is 1.03. The third-order valence-corrected chi connectivity index (χ3v) is 6.98. The van der Waals surface area contributed by atoms with Gasteiger partial charge < -0.3 is 14.4 Å². The van der Waals surface area contributed by atoms with E-state index in [0.29, 0.717) is 19.8 Å². The van der Waals surface area contributed by atoms with Crippen LogP contribution in [0.2, 0.25) is 25.7 Å². The molecule has 1 aliphatic rings. The van der Waals surface area contributed by atoms with Gasteiger partial charge in [-0.05, 0) is 30.0 Å². The molecule has 1 aliphatic heterocycles. The van der Waals surface area contributed by atoms with Crippen molar-refractivity contribution in [3.63, 3.8) is 0 Å². The highest BCUT2D eigenvalue weighted by Gasteiger charge is 2.52. The number of amides is 1. The molecule has 2 rings (SSSR count).